The highest BCUT2D eigenvalue weighted by atomic mass is 35.5. The van der Waals surface area contributed by atoms with E-state index in [-0.39, 0.29) is 34.5 Å². The molecule has 0 saturated heterocycles. The maximum absolute atomic E-state index is 14.6. The number of aryl methyl sites for hydroxylation is 1. The first kappa shape index (κ1) is 34.5. The van der Waals surface area contributed by atoms with Gasteiger partial charge in [-0.2, -0.15) is 0 Å². The quantitative estimate of drug-likeness (QED) is 0.189. The number of methoxy groups -OCH3 is 1. The van der Waals surface area contributed by atoms with Crippen molar-refractivity contribution in [2.24, 2.45) is 0 Å². The third kappa shape index (κ3) is 8.89. The molecular formula is C36H40ClN3O5S. The normalized spacial score (nSPS) is 12.2. The lowest BCUT2D eigenvalue weighted by molar-refractivity contribution is -0.140. The Hall–Kier alpha value is -4.34. The first-order valence-electron chi connectivity index (χ1n) is 14.9. The van der Waals surface area contributed by atoms with Gasteiger partial charge in [-0.15, -0.1) is 0 Å². The summed E-state index contributed by atoms with van der Waals surface area (Å²) in [6.45, 7) is 6.97. The van der Waals surface area contributed by atoms with E-state index < -0.39 is 34.1 Å². The van der Waals surface area contributed by atoms with Gasteiger partial charge in [0.15, 0.2) is 0 Å². The number of amides is 2. The molecule has 0 aliphatic heterocycles. The summed E-state index contributed by atoms with van der Waals surface area (Å²) in [5, 5.41) is 3.22. The minimum atomic E-state index is -4.26. The molecule has 242 valence electrons. The minimum absolute atomic E-state index is 0.0127. The minimum Gasteiger partial charge on any atom is -0.495 e. The number of hydrogen-bond donors (Lipinski definition) is 1. The fraction of sp³-hybridized carbons (Fsp3) is 0.278. The van der Waals surface area contributed by atoms with Gasteiger partial charge in [-0.05, 0) is 69.2 Å². The molecule has 0 aromatic heterocycles. The van der Waals surface area contributed by atoms with E-state index in [4.69, 9.17) is 16.3 Å². The molecule has 0 saturated carbocycles. The average molecular weight is 662 g/mol. The molecule has 4 rings (SSSR count). The summed E-state index contributed by atoms with van der Waals surface area (Å²) in [5.74, 6) is -0.547. The Labute approximate surface area is 277 Å². The van der Waals surface area contributed by atoms with Crippen molar-refractivity contribution in [3.63, 3.8) is 0 Å². The van der Waals surface area contributed by atoms with E-state index in [1.807, 2.05) is 88.4 Å². The maximum Gasteiger partial charge on any atom is 0.264 e. The van der Waals surface area contributed by atoms with Gasteiger partial charge in [-0.3, -0.25) is 13.9 Å². The van der Waals surface area contributed by atoms with E-state index in [9.17, 15) is 18.0 Å². The number of halogens is 1. The monoisotopic (exact) mass is 661 g/mol. The number of benzene rings is 4. The van der Waals surface area contributed by atoms with Crippen LogP contribution in [0.2, 0.25) is 5.02 Å². The van der Waals surface area contributed by atoms with Crippen molar-refractivity contribution in [2.75, 3.05) is 18.0 Å². The van der Waals surface area contributed by atoms with Gasteiger partial charge >= 0.3 is 0 Å². The molecule has 4 aromatic carbocycles. The molecule has 2 amide bonds. The van der Waals surface area contributed by atoms with Crippen molar-refractivity contribution in [1.82, 2.24) is 10.2 Å². The first-order valence-corrected chi connectivity index (χ1v) is 16.7. The van der Waals surface area contributed by atoms with Crippen LogP contribution in [0.1, 0.15) is 37.5 Å². The molecule has 0 radical (unpaired) electrons. The Morgan fingerprint density at radius 3 is 2.00 bits per heavy atom. The van der Waals surface area contributed by atoms with Gasteiger partial charge in [0.1, 0.15) is 18.3 Å². The molecule has 8 nitrogen and oxygen atoms in total. The lowest BCUT2D eigenvalue weighted by Crippen LogP contribution is -2.56. The second-order valence-corrected chi connectivity index (χ2v) is 14.4. The predicted molar refractivity (Wildman–Crippen MR) is 183 cm³/mol. The van der Waals surface area contributed by atoms with Crippen molar-refractivity contribution in [2.45, 2.75) is 57.1 Å². The van der Waals surface area contributed by atoms with E-state index in [0.717, 1.165) is 21.0 Å². The molecule has 0 fully saturated rings. The molecule has 1 N–H and O–H groups in total. The van der Waals surface area contributed by atoms with Crippen LogP contribution in [-0.2, 0) is 32.6 Å². The van der Waals surface area contributed by atoms with Crippen molar-refractivity contribution >= 4 is 39.1 Å². The zero-order chi connectivity index (χ0) is 33.5. The van der Waals surface area contributed by atoms with Crippen LogP contribution >= 0.6 is 11.6 Å². The second-order valence-electron chi connectivity index (χ2n) is 12.1. The van der Waals surface area contributed by atoms with E-state index in [0.29, 0.717) is 5.75 Å². The number of hydrogen-bond acceptors (Lipinski definition) is 5. The average Bonchev–Trinajstić information content (AvgIpc) is 3.01. The highest BCUT2D eigenvalue weighted by Crippen LogP contribution is 2.32. The molecule has 0 spiro atoms. The van der Waals surface area contributed by atoms with Gasteiger partial charge in [0.05, 0.1) is 22.7 Å². The van der Waals surface area contributed by atoms with E-state index in [1.54, 1.807) is 24.3 Å². The molecule has 0 aliphatic carbocycles. The predicted octanol–water partition coefficient (Wildman–Crippen LogP) is 6.41. The summed E-state index contributed by atoms with van der Waals surface area (Å²) >= 11 is 6.45. The van der Waals surface area contributed by atoms with Crippen molar-refractivity contribution < 1.29 is 22.7 Å². The Morgan fingerprint density at radius 2 is 1.46 bits per heavy atom. The van der Waals surface area contributed by atoms with Gasteiger partial charge in [0.25, 0.3) is 10.0 Å². The number of ether oxygens (including phenoxy) is 1. The lowest BCUT2D eigenvalue weighted by Gasteiger charge is -2.35. The highest BCUT2D eigenvalue weighted by molar-refractivity contribution is 7.92. The molecule has 46 heavy (non-hydrogen) atoms. The van der Waals surface area contributed by atoms with Crippen molar-refractivity contribution in [3.05, 3.63) is 125 Å². The molecule has 0 aliphatic rings. The number of anilines is 1. The maximum atomic E-state index is 14.6. The molecule has 0 bridgehead atoms. The van der Waals surface area contributed by atoms with E-state index in [1.165, 1.54) is 30.2 Å². The summed E-state index contributed by atoms with van der Waals surface area (Å²) in [7, 11) is -2.80. The van der Waals surface area contributed by atoms with Gasteiger partial charge in [0.2, 0.25) is 11.8 Å². The SMILES string of the molecule is COc1ccc(N(CC(=O)N(Cc2ccccc2)[C@H](Cc2ccccc2)C(=O)NC(C)(C)C)S(=O)(=O)c2ccc(C)cc2)cc1Cl. The number of nitrogens with one attached hydrogen (secondary N) is 1. The van der Waals surface area contributed by atoms with Crippen LogP contribution in [0.15, 0.2) is 108 Å². The standard InChI is InChI=1S/C36H40ClN3O5S/c1-26-16-19-30(20-17-26)46(43,44)40(29-18-21-33(45-5)31(37)23-29)25-34(41)39(24-28-14-10-7-11-15-28)32(35(42)38-36(2,3)4)22-27-12-8-6-9-13-27/h6-21,23,32H,22,24-25H2,1-5H3,(H,38,42)/t32-/m1/s1. The molecule has 4 aromatic rings. The third-order valence-corrected chi connectivity index (χ3v) is 9.36. The first-order chi connectivity index (χ1) is 21.8. The van der Waals surface area contributed by atoms with Gasteiger partial charge in [0, 0.05) is 18.5 Å². The number of rotatable bonds is 12. The fourth-order valence-corrected chi connectivity index (χ4v) is 6.62. The van der Waals surface area contributed by atoms with E-state index >= 15 is 0 Å². The van der Waals surface area contributed by atoms with Crippen molar-refractivity contribution in [1.29, 1.82) is 0 Å². The van der Waals surface area contributed by atoms with Gasteiger partial charge in [-0.1, -0.05) is 90.0 Å². The molecule has 0 unspecified atom stereocenters. The summed E-state index contributed by atoms with van der Waals surface area (Å²) in [6, 6.07) is 28.7. The molecule has 1 atom stereocenters. The zero-order valence-corrected chi connectivity index (χ0v) is 28.3. The highest BCUT2D eigenvalue weighted by Gasteiger charge is 2.35. The van der Waals surface area contributed by atoms with Crippen LogP contribution < -0.4 is 14.4 Å². The van der Waals surface area contributed by atoms with Crippen LogP contribution in [0.3, 0.4) is 0 Å². The van der Waals surface area contributed by atoms with Crippen LogP contribution in [0.25, 0.3) is 0 Å². The zero-order valence-electron chi connectivity index (χ0n) is 26.7. The summed E-state index contributed by atoms with van der Waals surface area (Å²) in [4.78, 5) is 30.0. The number of carbonyl (C=O) groups is 2. The Bertz CT molecular complexity index is 1740. The number of nitrogens with zero attached hydrogens (tertiary/aromatic N) is 2. The molecular weight excluding hydrogens is 622 g/mol. The summed E-state index contributed by atoms with van der Waals surface area (Å²) < 4.78 is 34.7. The van der Waals surface area contributed by atoms with Crippen molar-refractivity contribution in [3.8, 4) is 5.75 Å². The summed E-state index contributed by atoms with van der Waals surface area (Å²) in [5.41, 5.74) is 2.13. The van der Waals surface area contributed by atoms with Crippen LogP contribution in [0.4, 0.5) is 5.69 Å². The molecule has 0 heterocycles. The summed E-state index contributed by atoms with van der Waals surface area (Å²) in [6.07, 6.45) is 0.223. The Morgan fingerprint density at radius 1 is 0.870 bits per heavy atom. The Kier molecular flexibility index (Phi) is 11.1. The molecule has 10 heteroatoms. The number of sulfonamides is 1. The van der Waals surface area contributed by atoms with Crippen LogP contribution in [-0.4, -0.2) is 50.4 Å². The smallest absolute Gasteiger partial charge is 0.264 e. The third-order valence-electron chi connectivity index (χ3n) is 7.28. The lowest BCUT2D eigenvalue weighted by atomic mass is 10.0. The second kappa shape index (κ2) is 14.8. The fourth-order valence-electron chi connectivity index (χ4n) is 4.96. The largest absolute Gasteiger partial charge is 0.495 e. The topological polar surface area (TPSA) is 96.0 Å². The Balaban J connectivity index is 1.83. The van der Waals surface area contributed by atoms with E-state index in [2.05, 4.69) is 5.32 Å². The van der Waals surface area contributed by atoms with Crippen LogP contribution in [0, 0.1) is 6.92 Å². The van der Waals surface area contributed by atoms with Gasteiger partial charge in [-0.25, -0.2) is 8.42 Å². The van der Waals surface area contributed by atoms with Crippen LogP contribution in [0.5, 0.6) is 5.75 Å². The van der Waals surface area contributed by atoms with Gasteiger partial charge < -0.3 is 15.0 Å². The number of carbonyl (C=O) groups excluding carboxylic acids is 2.